The smallest absolute Gasteiger partial charge is 0.306 e. The zero-order chi connectivity index (χ0) is 61.7. The maximum absolute atomic E-state index is 13.5. The first-order valence-corrected chi connectivity index (χ1v) is 36.8. The van der Waals surface area contributed by atoms with E-state index >= 15 is 0 Å². The van der Waals surface area contributed by atoms with Crippen LogP contribution in [0.4, 0.5) is 0 Å². The van der Waals surface area contributed by atoms with Crippen LogP contribution in [0.2, 0.25) is 0 Å². The van der Waals surface area contributed by atoms with Crippen LogP contribution < -0.4 is 5.32 Å². The predicted octanol–water partition coefficient (Wildman–Crippen LogP) is 19.0. The number of nitrogens with one attached hydrogen (secondary N) is 1. The molecular formula is C74H139NO10. The number of allylic oxidation sites excluding steroid dienone is 5. The minimum Gasteiger partial charge on any atom is -0.454 e. The summed E-state index contributed by atoms with van der Waals surface area (Å²) in [6.07, 6.45) is 66.1. The summed E-state index contributed by atoms with van der Waals surface area (Å²) in [5.74, 6) is -1.18. The Balaban J connectivity index is 2.57. The highest BCUT2D eigenvalue weighted by molar-refractivity contribution is 5.80. The molecule has 1 rings (SSSR count). The lowest BCUT2D eigenvalue weighted by atomic mass is 9.99. The molecule has 0 aromatic heterocycles. The number of amides is 1. The van der Waals surface area contributed by atoms with Gasteiger partial charge in [-0.15, -0.1) is 0 Å². The molecule has 11 nitrogen and oxygen atoms in total. The van der Waals surface area contributed by atoms with E-state index in [2.05, 4.69) is 50.4 Å². The summed E-state index contributed by atoms with van der Waals surface area (Å²) in [6, 6.07) is -1.02. The van der Waals surface area contributed by atoms with Gasteiger partial charge in [-0.1, -0.05) is 333 Å². The highest BCUT2D eigenvalue weighted by atomic mass is 16.7. The van der Waals surface area contributed by atoms with Gasteiger partial charge in [-0.2, -0.15) is 0 Å². The number of hydrogen-bond donors (Lipinski definition) is 6. The Hall–Kier alpha value is -2.12. The molecule has 0 bridgehead atoms. The van der Waals surface area contributed by atoms with Crippen molar-refractivity contribution in [2.75, 3.05) is 13.2 Å². The Labute approximate surface area is 523 Å². The van der Waals surface area contributed by atoms with E-state index in [0.717, 1.165) is 64.2 Å². The van der Waals surface area contributed by atoms with Crippen molar-refractivity contribution in [1.29, 1.82) is 0 Å². The van der Waals surface area contributed by atoms with Gasteiger partial charge in [0, 0.05) is 6.42 Å². The van der Waals surface area contributed by atoms with Crippen LogP contribution in [-0.2, 0) is 23.8 Å². The lowest BCUT2D eigenvalue weighted by Crippen LogP contribution is -2.61. The quantitative estimate of drug-likeness (QED) is 0.0195. The number of rotatable bonds is 64. The number of hydrogen-bond acceptors (Lipinski definition) is 10. The lowest BCUT2D eigenvalue weighted by Gasteiger charge is -2.41. The highest BCUT2D eigenvalue weighted by Gasteiger charge is 2.47. The SMILES string of the molecule is CCCCC/C=C\C/C=C\CCCCCCCCCCCCCCC(O)C(=O)NC(COC1OC(CO)C(O)C(O)C1OC(=O)CCCCCCCCCCCCCCCCCCCCCCC)C(O)/C=C/CCCCCCCCCCCCC. The van der Waals surface area contributed by atoms with Crippen LogP contribution >= 0.6 is 0 Å². The van der Waals surface area contributed by atoms with E-state index in [-0.39, 0.29) is 13.0 Å². The fourth-order valence-corrected chi connectivity index (χ4v) is 11.7. The van der Waals surface area contributed by atoms with Crippen LogP contribution in [-0.4, -0.2) is 99.6 Å². The summed E-state index contributed by atoms with van der Waals surface area (Å²) in [5, 5.41) is 57.3. The number of esters is 1. The summed E-state index contributed by atoms with van der Waals surface area (Å²) in [5.41, 5.74) is 0. The van der Waals surface area contributed by atoms with E-state index in [1.807, 2.05) is 6.08 Å². The zero-order valence-corrected chi connectivity index (χ0v) is 55.8. The second-order valence-electron chi connectivity index (χ2n) is 25.7. The monoisotopic (exact) mass is 1200 g/mol. The maximum atomic E-state index is 13.5. The molecule has 0 aromatic carbocycles. The maximum Gasteiger partial charge on any atom is 0.306 e. The second kappa shape index (κ2) is 62.1. The molecule has 0 aliphatic carbocycles. The van der Waals surface area contributed by atoms with Gasteiger partial charge in [0.25, 0.3) is 0 Å². The van der Waals surface area contributed by atoms with Crippen molar-refractivity contribution >= 4 is 11.9 Å². The van der Waals surface area contributed by atoms with Gasteiger partial charge >= 0.3 is 5.97 Å². The number of ether oxygens (including phenoxy) is 3. The molecular weight excluding hydrogens is 1060 g/mol. The van der Waals surface area contributed by atoms with Gasteiger partial charge in [-0.3, -0.25) is 9.59 Å². The molecule has 500 valence electrons. The number of carbonyl (C=O) groups is 2. The summed E-state index contributed by atoms with van der Waals surface area (Å²) in [7, 11) is 0. The van der Waals surface area contributed by atoms with Crippen LogP contribution in [0.3, 0.4) is 0 Å². The molecule has 0 saturated carbocycles. The Morgan fingerprint density at radius 3 is 1.22 bits per heavy atom. The molecule has 11 heteroatoms. The molecule has 85 heavy (non-hydrogen) atoms. The first-order chi connectivity index (χ1) is 41.7. The van der Waals surface area contributed by atoms with E-state index in [1.54, 1.807) is 6.08 Å². The van der Waals surface area contributed by atoms with Crippen LogP contribution in [0.1, 0.15) is 361 Å². The van der Waals surface area contributed by atoms with E-state index in [4.69, 9.17) is 14.2 Å². The Morgan fingerprint density at radius 1 is 0.459 bits per heavy atom. The molecule has 1 heterocycles. The number of carbonyl (C=O) groups excluding carboxylic acids is 2. The van der Waals surface area contributed by atoms with Crippen LogP contribution in [0, 0.1) is 0 Å². The normalized spacial score (nSPS) is 18.5. The number of unbranched alkanes of at least 4 members (excludes halogenated alkanes) is 46. The minimum absolute atomic E-state index is 0.130. The van der Waals surface area contributed by atoms with Gasteiger partial charge in [0.05, 0.1) is 25.4 Å². The molecule has 1 aliphatic rings. The average Bonchev–Trinajstić information content (AvgIpc) is 3.19. The van der Waals surface area contributed by atoms with E-state index in [0.29, 0.717) is 19.3 Å². The van der Waals surface area contributed by atoms with Gasteiger partial charge in [0.2, 0.25) is 5.91 Å². The molecule has 8 atom stereocenters. The molecule has 0 aromatic rings. The van der Waals surface area contributed by atoms with Gasteiger partial charge < -0.3 is 45.1 Å². The summed E-state index contributed by atoms with van der Waals surface area (Å²) >= 11 is 0. The first-order valence-electron chi connectivity index (χ1n) is 36.8. The van der Waals surface area contributed by atoms with Crippen molar-refractivity contribution in [1.82, 2.24) is 5.32 Å². The fourth-order valence-electron chi connectivity index (χ4n) is 11.7. The van der Waals surface area contributed by atoms with Gasteiger partial charge in [-0.25, -0.2) is 0 Å². The zero-order valence-electron chi connectivity index (χ0n) is 55.8. The molecule has 6 N–H and O–H groups in total. The third kappa shape index (κ3) is 49.4. The number of aliphatic hydroxyl groups excluding tert-OH is 5. The third-order valence-corrected chi connectivity index (χ3v) is 17.5. The van der Waals surface area contributed by atoms with Gasteiger partial charge in [0.15, 0.2) is 12.4 Å². The lowest BCUT2D eigenvalue weighted by molar-refractivity contribution is -0.305. The van der Waals surface area contributed by atoms with Crippen molar-refractivity contribution in [2.45, 2.75) is 410 Å². The second-order valence-corrected chi connectivity index (χ2v) is 25.7. The first kappa shape index (κ1) is 80.9. The summed E-state index contributed by atoms with van der Waals surface area (Å²) < 4.78 is 17.7. The molecule has 8 unspecified atom stereocenters. The molecule has 1 aliphatic heterocycles. The predicted molar refractivity (Wildman–Crippen MR) is 357 cm³/mol. The van der Waals surface area contributed by atoms with Crippen molar-refractivity contribution < 1.29 is 49.3 Å². The van der Waals surface area contributed by atoms with E-state index < -0.39 is 67.4 Å². The minimum atomic E-state index is -1.61. The summed E-state index contributed by atoms with van der Waals surface area (Å²) in [4.78, 5) is 26.7. The molecule has 1 saturated heterocycles. The Kier molecular flexibility index (Phi) is 59.1. The molecule has 1 fully saturated rings. The highest BCUT2D eigenvalue weighted by Crippen LogP contribution is 2.27. The Bertz CT molecular complexity index is 1520. The fraction of sp³-hybridized carbons (Fsp3) is 0.892. The van der Waals surface area contributed by atoms with Gasteiger partial charge in [-0.05, 0) is 57.8 Å². The van der Waals surface area contributed by atoms with Crippen molar-refractivity contribution in [3.8, 4) is 0 Å². The van der Waals surface area contributed by atoms with E-state index in [1.165, 1.54) is 250 Å². The van der Waals surface area contributed by atoms with Crippen molar-refractivity contribution in [3.63, 3.8) is 0 Å². The van der Waals surface area contributed by atoms with Crippen molar-refractivity contribution in [2.24, 2.45) is 0 Å². The standard InChI is InChI=1S/C74H139NO10/c1-4-7-10-13-16-19-22-25-27-29-31-33-35-36-38-40-43-46-49-52-55-58-61-67(78)73(82)75-65(66(77)60-57-54-51-48-45-42-24-21-18-15-12-9-6-3)64-83-74-72(71(81)70(80)68(63-76)84-74)85-69(79)62-59-56-53-50-47-44-41-39-37-34-32-30-28-26-23-20-17-14-11-8-5-2/h16,19,25,27,57,60,65-68,70-72,74,76-78,80-81H,4-15,17-18,20-24,26,28-56,58-59,61-64H2,1-3H3,(H,75,82)/b19-16-,27-25-,60-57+. The molecule has 0 spiro atoms. The average molecular weight is 1200 g/mol. The number of aliphatic hydroxyl groups is 5. The third-order valence-electron chi connectivity index (χ3n) is 17.5. The molecule has 1 amide bonds. The van der Waals surface area contributed by atoms with E-state index in [9.17, 15) is 35.1 Å². The van der Waals surface area contributed by atoms with Crippen LogP contribution in [0.15, 0.2) is 36.5 Å². The van der Waals surface area contributed by atoms with Gasteiger partial charge in [0.1, 0.15) is 24.4 Å². The summed E-state index contributed by atoms with van der Waals surface area (Å²) in [6.45, 7) is 5.83. The topological polar surface area (TPSA) is 175 Å². The van der Waals surface area contributed by atoms with Crippen LogP contribution in [0.5, 0.6) is 0 Å². The van der Waals surface area contributed by atoms with Crippen molar-refractivity contribution in [3.05, 3.63) is 36.5 Å². The molecule has 0 radical (unpaired) electrons. The van der Waals surface area contributed by atoms with Crippen LogP contribution in [0.25, 0.3) is 0 Å². The largest absolute Gasteiger partial charge is 0.454 e. The Morgan fingerprint density at radius 2 is 0.812 bits per heavy atom.